The van der Waals surface area contributed by atoms with Crippen LogP contribution >= 0.6 is 0 Å². The quantitative estimate of drug-likeness (QED) is 0.744. The summed E-state index contributed by atoms with van der Waals surface area (Å²) in [7, 11) is 1.79. The highest BCUT2D eigenvalue weighted by Gasteiger charge is 2.20. The molecule has 1 unspecified atom stereocenters. The number of hydrogen-bond acceptors (Lipinski definition) is 3. The van der Waals surface area contributed by atoms with Gasteiger partial charge in [-0.25, -0.2) is 0 Å². The molecule has 3 heteroatoms. The van der Waals surface area contributed by atoms with E-state index in [0.29, 0.717) is 12.1 Å². The van der Waals surface area contributed by atoms with E-state index >= 15 is 0 Å². The van der Waals surface area contributed by atoms with Gasteiger partial charge in [-0.1, -0.05) is 0 Å². The average molecular weight is 196 g/mol. The molecule has 3 nitrogen and oxygen atoms in total. The second kappa shape index (κ2) is 6.00. The van der Waals surface area contributed by atoms with Gasteiger partial charge >= 0.3 is 0 Å². The maximum atomic E-state index is 8.63. The van der Waals surface area contributed by atoms with Crippen molar-refractivity contribution in [2.24, 2.45) is 5.92 Å². The number of rotatable bonds is 4. The number of nitriles is 1. The summed E-state index contributed by atoms with van der Waals surface area (Å²) in [6, 6.07) is 2.83. The van der Waals surface area contributed by atoms with E-state index in [9.17, 15) is 0 Å². The molecular formula is C11H20N2O. The molecule has 0 spiro atoms. The predicted molar refractivity (Wildman–Crippen MR) is 55.8 cm³/mol. The predicted octanol–water partition coefficient (Wildman–Crippen LogP) is 1.69. The fourth-order valence-electron chi connectivity index (χ4n) is 1.89. The fourth-order valence-corrected chi connectivity index (χ4v) is 1.89. The minimum Gasteiger partial charge on any atom is -0.381 e. The van der Waals surface area contributed by atoms with Gasteiger partial charge in [-0.2, -0.15) is 5.26 Å². The van der Waals surface area contributed by atoms with Gasteiger partial charge in [0.2, 0.25) is 0 Å². The summed E-state index contributed by atoms with van der Waals surface area (Å²) in [5.74, 6) is 0.121. The molecule has 1 atom stereocenters. The van der Waals surface area contributed by atoms with Crippen LogP contribution in [0.2, 0.25) is 0 Å². The first-order chi connectivity index (χ1) is 6.76. The highest BCUT2D eigenvalue weighted by atomic mass is 16.5. The number of ether oxygens (including phenoxy) is 1. The van der Waals surface area contributed by atoms with Gasteiger partial charge in [0.15, 0.2) is 0 Å². The molecule has 1 saturated carbocycles. The van der Waals surface area contributed by atoms with E-state index in [4.69, 9.17) is 10.00 Å². The lowest BCUT2D eigenvalue weighted by molar-refractivity contribution is 0.0624. The SMILES string of the molecule is COC1CCC(NCC(C)C#N)CC1. The van der Waals surface area contributed by atoms with Crippen LogP contribution < -0.4 is 5.32 Å². The van der Waals surface area contributed by atoms with Crippen molar-refractivity contribution in [3.8, 4) is 6.07 Å². The molecule has 0 heterocycles. The van der Waals surface area contributed by atoms with Crippen molar-refractivity contribution in [2.75, 3.05) is 13.7 Å². The Morgan fingerprint density at radius 3 is 2.57 bits per heavy atom. The first-order valence-corrected chi connectivity index (χ1v) is 5.42. The van der Waals surface area contributed by atoms with E-state index in [1.165, 1.54) is 12.8 Å². The molecule has 0 aromatic rings. The molecule has 0 aromatic carbocycles. The van der Waals surface area contributed by atoms with E-state index in [1.807, 2.05) is 6.92 Å². The zero-order chi connectivity index (χ0) is 10.4. The Morgan fingerprint density at radius 1 is 1.43 bits per heavy atom. The second-order valence-electron chi connectivity index (χ2n) is 4.15. The van der Waals surface area contributed by atoms with Gasteiger partial charge < -0.3 is 10.1 Å². The maximum absolute atomic E-state index is 8.63. The number of nitrogens with zero attached hydrogens (tertiary/aromatic N) is 1. The van der Waals surface area contributed by atoms with Crippen LogP contribution in [0.3, 0.4) is 0 Å². The standard InChI is InChI=1S/C11H20N2O/c1-9(7-12)8-13-10-3-5-11(14-2)6-4-10/h9-11,13H,3-6,8H2,1-2H3. The van der Waals surface area contributed by atoms with E-state index < -0.39 is 0 Å². The van der Waals surface area contributed by atoms with Gasteiger partial charge in [0.05, 0.1) is 18.1 Å². The first kappa shape index (κ1) is 11.5. The topological polar surface area (TPSA) is 45.0 Å². The highest BCUT2D eigenvalue weighted by molar-refractivity contribution is 4.83. The summed E-state index contributed by atoms with van der Waals surface area (Å²) in [6.07, 6.45) is 5.11. The Morgan fingerprint density at radius 2 is 2.07 bits per heavy atom. The Balaban J connectivity index is 2.13. The third-order valence-corrected chi connectivity index (χ3v) is 2.94. The summed E-state index contributed by atoms with van der Waals surface area (Å²) < 4.78 is 5.31. The van der Waals surface area contributed by atoms with Crippen LogP contribution in [0.25, 0.3) is 0 Å². The van der Waals surface area contributed by atoms with Gasteiger partial charge in [-0.3, -0.25) is 0 Å². The summed E-state index contributed by atoms with van der Waals surface area (Å²) in [6.45, 7) is 2.77. The van der Waals surface area contributed by atoms with Crippen molar-refractivity contribution < 1.29 is 4.74 Å². The van der Waals surface area contributed by atoms with Crippen LogP contribution in [-0.2, 0) is 4.74 Å². The summed E-state index contributed by atoms with van der Waals surface area (Å²) >= 11 is 0. The van der Waals surface area contributed by atoms with Gasteiger partial charge in [-0.15, -0.1) is 0 Å². The van der Waals surface area contributed by atoms with Crippen molar-refractivity contribution in [1.29, 1.82) is 5.26 Å². The Hall–Kier alpha value is -0.590. The lowest BCUT2D eigenvalue weighted by atomic mass is 9.93. The number of methoxy groups -OCH3 is 1. The van der Waals surface area contributed by atoms with Crippen LogP contribution in [-0.4, -0.2) is 25.8 Å². The number of hydrogen-bond donors (Lipinski definition) is 1. The fraction of sp³-hybridized carbons (Fsp3) is 0.909. The third-order valence-electron chi connectivity index (χ3n) is 2.94. The van der Waals surface area contributed by atoms with Crippen molar-refractivity contribution in [3.63, 3.8) is 0 Å². The molecule has 1 aliphatic rings. The van der Waals surface area contributed by atoms with Crippen LogP contribution in [0.5, 0.6) is 0 Å². The normalized spacial score (nSPS) is 29.5. The largest absolute Gasteiger partial charge is 0.381 e. The van der Waals surface area contributed by atoms with Crippen molar-refractivity contribution in [2.45, 2.75) is 44.8 Å². The molecule has 80 valence electrons. The zero-order valence-corrected chi connectivity index (χ0v) is 9.12. The molecule has 0 bridgehead atoms. The van der Waals surface area contributed by atoms with E-state index in [-0.39, 0.29) is 5.92 Å². The lowest BCUT2D eigenvalue weighted by Gasteiger charge is -2.28. The van der Waals surface area contributed by atoms with Crippen LogP contribution in [0.1, 0.15) is 32.6 Å². The highest BCUT2D eigenvalue weighted by Crippen LogP contribution is 2.20. The minimum absolute atomic E-state index is 0.121. The molecular weight excluding hydrogens is 176 g/mol. The van der Waals surface area contributed by atoms with Gasteiger partial charge in [0.1, 0.15) is 0 Å². The number of nitrogens with one attached hydrogen (secondary N) is 1. The van der Waals surface area contributed by atoms with Crippen LogP contribution in [0, 0.1) is 17.2 Å². The maximum Gasteiger partial charge on any atom is 0.0666 e. The average Bonchev–Trinajstić information content (AvgIpc) is 2.26. The zero-order valence-electron chi connectivity index (χ0n) is 9.12. The molecule has 0 aliphatic heterocycles. The molecule has 0 radical (unpaired) electrons. The van der Waals surface area contributed by atoms with Gasteiger partial charge in [-0.05, 0) is 32.6 Å². The Kier molecular flexibility index (Phi) is 4.92. The minimum atomic E-state index is 0.121. The molecule has 1 fully saturated rings. The van der Waals surface area contributed by atoms with Crippen LogP contribution in [0.15, 0.2) is 0 Å². The molecule has 14 heavy (non-hydrogen) atoms. The second-order valence-corrected chi connectivity index (χ2v) is 4.15. The van der Waals surface area contributed by atoms with E-state index in [1.54, 1.807) is 7.11 Å². The lowest BCUT2D eigenvalue weighted by Crippen LogP contribution is -2.37. The Bertz CT molecular complexity index is 192. The van der Waals surface area contributed by atoms with Crippen molar-refractivity contribution in [3.05, 3.63) is 0 Å². The third kappa shape index (κ3) is 3.65. The van der Waals surface area contributed by atoms with E-state index in [0.717, 1.165) is 19.4 Å². The summed E-state index contributed by atoms with van der Waals surface area (Å²) in [4.78, 5) is 0. The van der Waals surface area contributed by atoms with Crippen LogP contribution in [0.4, 0.5) is 0 Å². The summed E-state index contributed by atoms with van der Waals surface area (Å²) in [5.41, 5.74) is 0. The van der Waals surface area contributed by atoms with Crippen molar-refractivity contribution >= 4 is 0 Å². The van der Waals surface area contributed by atoms with Crippen molar-refractivity contribution in [1.82, 2.24) is 5.32 Å². The molecule has 0 amide bonds. The molecule has 0 aromatic heterocycles. The van der Waals surface area contributed by atoms with E-state index in [2.05, 4.69) is 11.4 Å². The van der Waals surface area contributed by atoms with Gasteiger partial charge in [0.25, 0.3) is 0 Å². The molecule has 0 saturated heterocycles. The monoisotopic (exact) mass is 196 g/mol. The summed E-state index contributed by atoms with van der Waals surface area (Å²) in [5, 5.41) is 12.1. The first-order valence-electron chi connectivity index (χ1n) is 5.42. The smallest absolute Gasteiger partial charge is 0.0666 e. The Labute approximate surface area is 86.4 Å². The molecule has 1 aliphatic carbocycles. The molecule has 1 rings (SSSR count). The van der Waals surface area contributed by atoms with Gasteiger partial charge in [0, 0.05) is 19.7 Å². The molecule has 1 N–H and O–H groups in total.